The highest BCUT2D eigenvalue weighted by atomic mass is 19.2. The number of aromatic nitrogens is 2. The molecule has 0 aliphatic heterocycles. The first kappa shape index (κ1) is 10.7. The smallest absolute Gasteiger partial charge is 0.278 e. The molecule has 6 heteroatoms. The molecule has 0 saturated carbocycles. The normalized spacial score (nSPS) is 11.6. The van der Waals surface area contributed by atoms with Gasteiger partial charge in [-0.15, -0.1) is 0 Å². The van der Waals surface area contributed by atoms with Gasteiger partial charge in [0.15, 0.2) is 0 Å². The summed E-state index contributed by atoms with van der Waals surface area (Å²) in [4.78, 5) is 5.62. The highest BCUT2D eigenvalue weighted by Crippen LogP contribution is 2.18. The van der Waals surface area contributed by atoms with E-state index in [4.69, 9.17) is 4.74 Å². The fourth-order valence-electron chi connectivity index (χ4n) is 0.716. The lowest BCUT2D eigenvalue weighted by atomic mass is 10.2. The van der Waals surface area contributed by atoms with Crippen molar-refractivity contribution in [3.8, 4) is 5.88 Å². The fourth-order valence-corrected chi connectivity index (χ4v) is 0.716. The van der Waals surface area contributed by atoms with E-state index < -0.39 is 29.3 Å². The molecule has 0 bridgehead atoms. The Hall–Kier alpha value is -1.33. The van der Waals surface area contributed by atoms with E-state index in [2.05, 4.69) is 9.97 Å². The third-order valence-electron chi connectivity index (χ3n) is 1.15. The predicted molar refractivity (Wildman–Crippen MR) is 42.3 cm³/mol. The quantitative estimate of drug-likeness (QED) is 0.705. The van der Waals surface area contributed by atoms with Crippen LogP contribution in [0.5, 0.6) is 5.88 Å². The number of hydrogen-bond donors (Lipinski definition) is 0. The molecule has 0 aliphatic rings. The number of nitrogens with zero attached hydrogens (tertiary/aromatic N) is 2. The molecule has 0 amide bonds. The highest BCUT2D eigenvalue weighted by molar-refractivity contribution is 5.07. The lowest BCUT2D eigenvalue weighted by Gasteiger charge is -2.19. The van der Waals surface area contributed by atoms with Gasteiger partial charge < -0.3 is 4.74 Å². The molecule has 0 saturated heterocycles. The van der Waals surface area contributed by atoms with Crippen molar-refractivity contribution in [2.24, 2.45) is 0 Å². The lowest BCUT2D eigenvalue weighted by molar-refractivity contribution is 0.112. The molecular formula is C8H9F3N2O. The van der Waals surface area contributed by atoms with E-state index in [0.717, 1.165) is 0 Å². The van der Waals surface area contributed by atoms with Crippen molar-refractivity contribution >= 4 is 0 Å². The Bertz CT molecular complexity index is 349. The number of ether oxygens (including phenoxy) is 1. The van der Waals surface area contributed by atoms with E-state index in [1.165, 1.54) is 0 Å². The monoisotopic (exact) mass is 206 g/mol. The van der Waals surface area contributed by atoms with Crippen LogP contribution in [0.2, 0.25) is 0 Å². The second-order valence-corrected chi connectivity index (χ2v) is 3.62. The first-order valence-corrected chi connectivity index (χ1v) is 3.87. The third kappa shape index (κ3) is 2.58. The molecule has 0 unspecified atom stereocenters. The molecule has 14 heavy (non-hydrogen) atoms. The Morgan fingerprint density at radius 2 is 1.43 bits per heavy atom. The lowest BCUT2D eigenvalue weighted by Crippen LogP contribution is -2.25. The van der Waals surface area contributed by atoms with E-state index in [-0.39, 0.29) is 0 Å². The van der Waals surface area contributed by atoms with Gasteiger partial charge in [-0.3, -0.25) is 0 Å². The van der Waals surface area contributed by atoms with Crippen LogP contribution in [-0.2, 0) is 0 Å². The predicted octanol–water partition coefficient (Wildman–Crippen LogP) is 2.07. The summed E-state index contributed by atoms with van der Waals surface area (Å²) in [5.41, 5.74) is -0.750. The average Bonchev–Trinajstić information content (AvgIpc) is 1.97. The van der Waals surface area contributed by atoms with Crippen LogP contribution in [0.4, 0.5) is 13.2 Å². The minimum absolute atomic E-state index is 0.642. The zero-order valence-electron chi connectivity index (χ0n) is 7.94. The van der Waals surface area contributed by atoms with Crippen molar-refractivity contribution < 1.29 is 17.9 Å². The SMILES string of the molecule is CC(C)(C)Oc1nc(F)c(F)nc1F. The van der Waals surface area contributed by atoms with Crippen LogP contribution in [-0.4, -0.2) is 15.6 Å². The van der Waals surface area contributed by atoms with E-state index >= 15 is 0 Å². The molecule has 3 nitrogen and oxygen atoms in total. The molecule has 1 heterocycles. The van der Waals surface area contributed by atoms with Gasteiger partial charge in [-0.1, -0.05) is 0 Å². The summed E-state index contributed by atoms with van der Waals surface area (Å²) in [6.45, 7) is 4.86. The summed E-state index contributed by atoms with van der Waals surface area (Å²) in [5.74, 6) is -4.97. The molecular weight excluding hydrogens is 197 g/mol. The topological polar surface area (TPSA) is 35.0 Å². The van der Waals surface area contributed by atoms with E-state index in [1.54, 1.807) is 20.8 Å². The van der Waals surface area contributed by atoms with E-state index in [9.17, 15) is 13.2 Å². The van der Waals surface area contributed by atoms with Gasteiger partial charge in [0.1, 0.15) is 5.60 Å². The summed E-state index contributed by atoms with van der Waals surface area (Å²) in [5, 5.41) is 0. The Labute approximate surface area is 78.9 Å². The molecule has 1 aromatic heterocycles. The Balaban J connectivity index is 3.04. The van der Waals surface area contributed by atoms with Gasteiger partial charge in [-0.2, -0.15) is 23.1 Å². The van der Waals surface area contributed by atoms with Crippen LogP contribution < -0.4 is 4.74 Å². The standard InChI is InChI=1S/C8H9F3N2O/c1-8(2,3)14-7-6(11)12-4(9)5(10)13-7/h1-3H3. The van der Waals surface area contributed by atoms with Crippen molar-refractivity contribution in [1.29, 1.82) is 0 Å². The van der Waals surface area contributed by atoms with Crippen molar-refractivity contribution in [2.45, 2.75) is 26.4 Å². The summed E-state index contributed by atoms with van der Waals surface area (Å²) < 4.78 is 42.7. The number of hydrogen-bond acceptors (Lipinski definition) is 3. The second kappa shape index (κ2) is 3.43. The van der Waals surface area contributed by atoms with E-state index in [1.807, 2.05) is 0 Å². The van der Waals surface area contributed by atoms with Crippen LogP contribution in [0.15, 0.2) is 0 Å². The van der Waals surface area contributed by atoms with Gasteiger partial charge in [0.05, 0.1) is 0 Å². The summed E-state index contributed by atoms with van der Waals surface area (Å²) in [6.07, 6.45) is 0. The zero-order valence-corrected chi connectivity index (χ0v) is 7.94. The largest absolute Gasteiger partial charge is 0.469 e. The van der Waals surface area contributed by atoms with E-state index in [0.29, 0.717) is 0 Å². The number of rotatable bonds is 1. The van der Waals surface area contributed by atoms with Gasteiger partial charge in [0.2, 0.25) is 0 Å². The number of halogens is 3. The minimum Gasteiger partial charge on any atom is -0.469 e. The Morgan fingerprint density at radius 1 is 0.929 bits per heavy atom. The Morgan fingerprint density at radius 3 is 1.93 bits per heavy atom. The van der Waals surface area contributed by atoms with Crippen LogP contribution in [0.3, 0.4) is 0 Å². The van der Waals surface area contributed by atoms with Gasteiger partial charge in [0, 0.05) is 0 Å². The molecule has 1 aromatic rings. The van der Waals surface area contributed by atoms with Gasteiger partial charge in [-0.25, -0.2) is 0 Å². The second-order valence-electron chi connectivity index (χ2n) is 3.62. The molecule has 78 valence electrons. The summed E-state index contributed by atoms with van der Waals surface area (Å²) in [6, 6.07) is 0. The maximum Gasteiger partial charge on any atom is 0.278 e. The van der Waals surface area contributed by atoms with Gasteiger partial charge in [-0.05, 0) is 20.8 Å². The van der Waals surface area contributed by atoms with Crippen LogP contribution in [0, 0.1) is 17.8 Å². The molecule has 0 radical (unpaired) electrons. The zero-order chi connectivity index (χ0) is 10.9. The summed E-state index contributed by atoms with van der Waals surface area (Å²) >= 11 is 0. The van der Waals surface area contributed by atoms with Crippen molar-refractivity contribution in [2.75, 3.05) is 0 Å². The van der Waals surface area contributed by atoms with Crippen LogP contribution in [0.1, 0.15) is 20.8 Å². The molecule has 0 spiro atoms. The molecule has 0 fully saturated rings. The molecule has 0 N–H and O–H groups in total. The average molecular weight is 206 g/mol. The van der Waals surface area contributed by atoms with Crippen LogP contribution >= 0.6 is 0 Å². The molecule has 0 aliphatic carbocycles. The van der Waals surface area contributed by atoms with Gasteiger partial charge in [0.25, 0.3) is 23.7 Å². The molecule has 0 atom stereocenters. The molecule has 0 aromatic carbocycles. The van der Waals surface area contributed by atoms with Gasteiger partial charge >= 0.3 is 0 Å². The minimum atomic E-state index is -1.58. The molecule has 1 rings (SSSR count). The first-order chi connectivity index (χ1) is 6.29. The third-order valence-corrected chi connectivity index (χ3v) is 1.15. The Kier molecular flexibility index (Phi) is 2.64. The van der Waals surface area contributed by atoms with Crippen molar-refractivity contribution in [3.63, 3.8) is 0 Å². The van der Waals surface area contributed by atoms with Crippen molar-refractivity contribution in [3.05, 3.63) is 17.8 Å². The summed E-state index contributed by atoms with van der Waals surface area (Å²) in [7, 11) is 0. The highest BCUT2D eigenvalue weighted by Gasteiger charge is 2.20. The fraction of sp³-hybridized carbons (Fsp3) is 0.500. The maximum absolute atomic E-state index is 12.9. The first-order valence-electron chi connectivity index (χ1n) is 3.87. The van der Waals surface area contributed by atoms with Crippen LogP contribution in [0.25, 0.3) is 0 Å². The van der Waals surface area contributed by atoms with Crippen molar-refractivity contribution in [1.82, 2.24) is 9.97 Å². The maximum atomic E-state index is 12.9.